The maximum absolute atomic E-state index is 5.89. The summed E-state index contributed by atoms with van der Waals surface area (Å²) in [6.45, 7) is 8.35. The molecule has 0 aliphatic heterocycles. The fourth-order valence-electron chi connectivity index (χ4n) is 1.17. The number of hydrogen-bond donors (Lipinski definition) is 0. The Morgan fingerprint density at radius 3 is 1.62 bits per heavy atom. The van der Waals surface area contributed by atoms with Crippen molar-refractivity contribution >= 4 is 26.2 Å². The molecule has 0 aromatic carbocycles. The Morgan fingerprint density at radius 2 is 1.31 bits per heavy atom. The molecule has 0 unspecified atom stereocenters. The Morgan fingerprint density at radius 1 is 0.875 bits per heavy atom. The summed E-state index contributed by atoms with van der Waals surface area (Å²) in [4.78, 5) is 0. The van der Waals surface area contributed by atoms with Crippen molar-refractivity contribution in [3.63, 3.8) is 0 Å². The van der Waals surface area contributed by atoms with Gasteiger partial charge in [-0.05, 0) is 31.7 Å². The molecule has 0 amide bonds. The van der Waals surface area contributed by atoms with E-state index in [4.69, 9.17) is 17.4 Å². The van der Waals surface area contributed by atoms with Gasteiger partial charge in [0.1, 0.15) is 0 Å². The van der Waals surface area contributed by atoms with Crippen molar-refractivity contribution in [1.82, 2.24) is 0 Å². The molecule has 0 aromatic heterocycles. The lowest BCUT2D eigenvalue weighted by Crippen LogP contribution is -2.43. The Bertz CT molecular complexity index is 257. The molecule has 16 heavy (non-hydrogen) atoms. The average Bonchev–Trinajstić information content (AvgIpc) is 2.19. The van der Waals surface area contributed by atoms with Gasteiger partial charge in [0.2, 0.25) is 0 Å². The van der Waals surface area contributed by atoms with Crippen LogP contribution in [0.2, 0.25) is 26.2 Å². The molecular weight excluding hydrogens is 256 g/mol. The summed E-state index contributed by atoms with van der Waals surface area (Å²) in [5.41, 5.74) is 6.17. The fraction of sp³-hybridized carbons (Fsp3) is 0.778. The SMILES string of the molecule is CO[Si](C#C[Si](C)(C)O[Si](C)C)(OC)OC. The van der Waals surface area contributed by atoms with Crippen molar-refractivity contribution in [2.75, 3.05) is 21.3 Å². The van der Waals surface area contributed by atoms with Crippen molar-refractivity contribution in [2.45, 2.75) is 26.2 Å². The van der Waals surface area contributed by atoms with E-state index in [-0.39, 0.29) is 0 Å². The van der Waals surface area contributed by atoms with Gasteiger partial charge in [-0.1, -0.05) is 5.54 Å². The first kappa shape index (κ1) is 16.1. The molecule has 0 atom stereocenters. The van der Waals surface area contributed by atoms with Crippen molar-refractivity contribution in [3.8, 4) is 11.1 Å². The predicted molar refractivity (Wildman–Crippen MR) is 70.6 cm³/mol. The van der Waals surface area contributed by atoms with Crippen molar-refractivity contribution in [1.29, 1.82) is 0 Å². The van der Waals surface area contributed by atoms with Crippen molar-refractivity contribution in [3.05, 3.63) is 0 Å². The maximum Gasteiger partial charge on any atom is 0.590 e. The van der Waals surface area contributed by atoms with Crippen LogP contribution in [-0.2, 0) is 17.4 Å². The van der Waals surface area contributed by atoms with Crippen LogP contribution in [0.1, 0.15) is 0 Å². The highest BCUT2D eigenvalue weighted by atomic mass is 28.4. The van der Waals surface area contributed by atoms with Gasteiger partial charge in [-0.2, -0.15) is 0 Å². The van der Waals surface area contributed by atoms with Crippen LogP contribution >= 0.6 is 0 Å². The van der Waals surface area contributed by atoms with Crippen molar-refractivity contribution in [2.24, 2.45) is 0 Å². The summed E-state index contributed by atoms with van der Waals surface area (Å²) in [7, 11) is -0.784. The Balaban J connectivity index is 4.79. The summed E-state index contributed by atoms with van der Waals surface area (Å²) < 4.78 is 21.6. The van der Waals surface area contributed by atoms with E-state index in [0.29, 0.717) is 0 Å². The molecule has 4 nitrogen and oxygen atoms in total. The lowest BCUT2D eigenvalue weighted by atomic mass is 11.4. The number of rotatable bonds is 5. The molecule has 0 N–H and O–H groups in total. The lowest BCUT2D eigenvalue weighted by Gasteiger charge is -2.21. The van der Waals surface area contributed by atoms with Crippen LogP contribution in [0.4, 0.5) is 0 Å². The molecule has 0 aromatic rings. The first-order valence-electron chi connectivity index (χ1n) is 5.00. The molecule has 0 aliphatic carbocycles. The third kappa shape index (κ3) is 5.40. The molecule has 93 valence electrons. The largest absolute Gasteiger partial charge is 0.590 e. The summed E-state index contributed by atoms with van der Waals surface area (Å²) >= 11 is 0. The zero-order valence-electron chi connectivity index (χ0n) is 11.1. The molecule has 0 aliphatic rings. The normalized spacial score (nSPS) is 12.5. The highest BCUT2D eigenvalue weighted by molar-refractivity contribution is 6.85. The zero-order valence-corrected chi connectivity index (χ0v) is 14.1. The highest BCUT2D eigenvalue weighted by Gasteiger charge is 2.37. The zero-order chi connectivity index (χ0) is 12.8. The Kier molecular flexibility index (Phi) is 6.73. The van der Waals surface area contributed by atoms with Crippen LogP contribution in [0.3, 0.4) is 0 Å². The minimum atomic E-state index is -2.77. The van der Waals surface area contributed by atoms with E-state index >= 15 is 0 Å². The molecule has 0 bridgehead atoms. The van der Waals surface area contributed by atoms with E-state index in [1.165, 1.54) is 0 Å². The summed E-state index contributed by atoms with van der Waals surface area (Å²) in [5, 5.41) is 0. The van der Waals surface area contributed by atoms with Crippen LogP contribution in [0.25, 0.3) is 0 Å². The van der Waals surface area contributed by atoms with Gasteiger partial charge in [0.05, 0.1) is 0 Å². The van der Waals surface area contributed by atoms with E-state index in [1.807, 2.05) is 0 Å². The topological polar surface area (TPSA) is 36.9 Å². The standard InChI is InChI=1S/C9H21O4Si3/c1-10-16(11-2,12-3)9-8-15(6,7)13-14(4)5/h1-7H3. The van der Waals surface area contributed by atoms with Gasteiger partial charge in [0, 0.05) is 21.3 Å². The van der Waals surface area contributed by atoms with Crippen LogP contribution in [0, 0.1) is 11.1 Å². The summed E-state index contributed by atoms with van der Waals surface area (Å²) in [5.74, 6) is 0. The molecule has 7 heteroatoms. The average molecular weight is 278 g/mol. The highest BCUT2D eigenvalue weighted by Crippen LogP contribution is 2.08. The molecule has 0 heterocycles. The molecule has 0 fully saturated rings. The Labute approximate surface area is 102 Å². The molecular formula is C9H21O4Si3. The fourth-order valence-corrected chi connectivity index (χ4v) is 8.08. The van der Waals surface area contributed by atoms with E-state index in [1.54, 1.807) is 21.3 Å². The van der Waals surface area contributed by atoms with Crippen molar-refractivity contribution < 1.29 is 17.4 Å². The first-order valence-corrected chi connectivity index (χ1v) is 12.0. The minimum Gasteiger partial charge on any atom is -0.447 e. The molecule has 0 rings (SSSR count). The smallest absolute Gasteiger partial charge is 0.447 e. The van der Waals surface area contributed by atoms with Gasteiger partial charge in [0.25, 0.3) is 8.32 Å². The first-order chi connectivity index (χ1) is 7.31. The van der Waals surface area contributed by atoms with E-state index in [0.717, 1.165) is 0 Å². The van der Waals surface area contributed by atoms with Gasteiger partial charge >= 0.3 is 8.80 Å². The van der Waals surface area contributed by atoms with E-state index in [9.17, 15) is 0 Å². The molecule has 0 saturated carbocycles. The second-order valence-corrected chi connectivity index (χ2v) is 12.4. The second-order valence-electron chi connectivity index (χ2n) is 3.94. The van der Waals surface area contributed by atoms with Crippen LogP contribution in [-0.4, -0.2) is 47.5 Å². The van der Waals surface area contributed by atoms with E-state index < -0.39 is 26.2 Å². The van der Waals surface area contributed by atoms with Gasteiger partial charge < -0.3 is 17.4 Å². The van der Waals surface area contributed by atoms with Gasteiger partial charge in [-0.15, -0.1) is 0 Å². The minimum absolute atomic E-state index is 0.726. The quantitative estimate of drug-likeness (QED) is 0.562. The molecule has 0 spiro atoms. The number of hydrogen-bond acceptors (Lipinski definition) is 4. The second kappa shape index (κ2) is 6.71. The molecule has 0 saturated heterocycles. The van der Waals surface area contributed by atoms with Gasteiger partial charge in [-0.25, -0.2) is 0 Å². The van der Waals surface area contributed by atoms with Gasteiger partial charge in [0.15, 0.2) is 9.04 Å². The summed E-state index contributed by atoms with van der Waals surface area (Å²) in [6.07, 6.45) is 0. The van der Waals surface area contributed by atoms with Gasteiger partial charge in [-0.3, -0.25) is 0 Å². The summed E-state index contributed by atoms with van der Waals surface area (Å²) in [6, 6.07) is 0. The third-order valence-electron chi connectivity index (χ3n) is 1.78. The maximum atomic E-state index is 5.89. The van der Waals surface area contributed by atoms with Crippen LogP contribution in [0.5, 0.6) is 0 Å². The Hall–Kier alpha value is 0.0506. The predicted octanol–water partition coefficient (Wildman–Crippen LogP) is 1.42. The van der Waals surface area contributed by atoms with Crippen LogP contribution < -0.4 is 0 Å². The monoisotopic (exact) mass is 277 g/mol. The molecule has 1 radical (unpaired) electrons. The lowest BCUT2D eigenvalue weighted by molar-refractivity contribution is 0.141. The van der Waals surface area contributed by atoms with Crippen LogP contribution in [0.15, 0.2) is 0 Å². The van der Waals surface area contributed by atoms with E-state index in [2.05, 4.69) is 37.3 Å². The third-order valence-corrected chi connectivity index (χ3v) is 8.48.